The van der Waals surface area contributed by atoms with E-state index in [-0.39, 0.29) is 11.3 Å². The molecule has 2 aromatic carbocycles. The van der Waals surface area contributed by atoms with Crippen LogP contribution in [0.25, 0.3) is 6.08 Å². The number of amides is 1. The predicted octanol–water partition coefficient (Wildman–Crippen LogP) is 4.60. The second-order valence-corrected chi connectivity index (χ2v) is 9.04. The molecular weight excluding hydrogens is 388 g/mol. The maximum Gasteiger partial charge on any atom is 0.241 e. The molecule has 2 heterocycles. The fraction of sp³-hybridized carbons (Fsp3) is 0.346. The van der Waals surface area contributed by atoms with Crippen molar-refractivity contribution in [2.24, 2.45) is 0 Å². The van der Waals surface area contributed by atoms with Gasteiger partial charge in [0.1, 0.15) is 12.3 Å². The van der Waals surface area contributed by atoms with E-state index in [1.54, 1.807) is 7.11 Å². The van der Waals surface area contributed by atoms with Crippen LogP contribution >= 0.6 is 0 Å². The van der Waals surface area contributed by atoms with Gasteiger partial charge in [-0.15, -0.1) is 0 Å². The maximum absolute atomic E-state index is 12.5. The van der Waals surface area contributed by atoms with Crippen LogP contribution in [0.1, 0.15) is 37.5 Å². The van der Waals surface area contributed by atoms with Crippen molar-refractivity contribution >= 4 is 17.7 Å². The Labute approximate surface area is 184 Å². The first-order chi connectivity index (χ1) is 14.7. The summed E-state index contributed by atoms with van der Waals surface area (Å²) in [5, 5.41) is 3.26. The highest BCUT2D eigenvalue weighted by Crippen LogP contribution is 2.53. The van der Waals surface area contributed by atoms with Crippen molar-refractivity contribution < 1.29 is 14.3 Å². The van der Waals surface area contributed by atoms with Gasteiger partial charge in [-0.3, -0.25) is 4.79 Å². The Morgan fingerprint density at radius 2 is 2.00 bits per heavy atom. The molecule has 1 saturated heterocycles. The van der Waals surface area contributed by atoms with Gasteiger partial charge in [0.2, 0.25) is 5.91 Å². The molecule has 5 nitrogen and oxygen atoms in total. The molecule has 2 aromatic rings. The van der Waals surface area contributed by atoms with Crippen molar-refractivity contribution in [3.63, 3.8) is 0 Å². The third-order valence-corrected chi connectivity index (χ3v) is 6.31. The second kappa shape index (κ2) is 7.49. The lowest BCUT2D eigenvalue weighted by Gasteiger charge is -2.40. The van der Waals surface area contributed by atoms with Gasteiger partial charge < -0.3 is 19.7 Å². The van der Waals surface area contributed by atoms with Gasteiger partial charge in [-0.05, 0) is 54.8 Å². The number of nitrogens with zero attached hydrogens (tertiary/aromatic N) is 1. The number of carbonyl (C=O) groups excluding carboxylic acids is 1. The molecule has 31 heavy (non-hydrogen) atoms. The molecule has 1 amide bonds. The minimum Gasteiger partial charge on any atom is -0.493 e. The van der Waals surface area contributed by atoms with Crippen molar-refractivity contribution in [1.82, 2.24) is 5.32 Å². The zero-order chi connectivity index (χ0) is 22.4. The van der Waals surface area contributed by atoms with Gasteiger partial charge in [0, 0.05) is 11.1 Å². The van der Waals surface area contributed by atoms with Gasteiger partial charge >= 0.3 is 0 Å². The molecule has 1 atom stereocenters. The van der Waals surface area contributed by atoms with Crippen LogP contribution in [0.4, 0.5) is 5.69 Å². The minimum absolute atomic E-state index is 0.0325. The Bertz CT molecular complexity index is 1090. The number of hydrogen-bond acceptors (Lipinski definition) is 4. The maximum atomic E-state index is 12.5. The minimum atomic E-state index is -0.622. The number of methoxy groups -OCH3 is 1. The molecule has 1 fully saturated rings. The Hall–Kier alpha value is -3.21. The van der Waals surface area contributed by atoms with Crippen LogP contribution in [-0.2, 0) is 10.2 Å². The molecule has 162 valence electrons. The van der Waals surface area contributed by atoms with Crippen molar-refractivity contribution in [3.05, 3.63) is 71.3 Å². The van der Waals surface area contributed by atoms with Crippen LogP contribution in [-0.4, -0.2) is 31.8 Å². The Morgan fingerprint density at radius 3 is 2.71 bits per heavy atom. The summed E-state index contributed by atoms with van der Waals surface area (Å²) in [5.41, 5.74) is 4.57. The fourth-order valence-electron chi connectivity index (χ4n) is 4.61. The first-order valence-electron chi connectivity index (χ1n) is 10.5. The van der Waals surface area contributed by atoms with Gasteiger partial charge in [0.15, 0.2) is 11.5 Å². The Kier molecular flexibility index (Phi) is 5.08. The molecule has 4 rings (SSSR count). The molecule has 2 aliphatic heterocycles. The first kappa shape index (κ1) is 21.0. The smallest absolute Gasteiger partial charge is 0.241 e. The van der Waals surface area contributed by atoms with E-state index in [0.717, 1.165) is 16.8 Å². The average molecular weight is 419 g/mol. The van der Waals surface area contributed by atoms with Crippen LogP contribution < -0.4 is 19.7 Å². The molecule has 0 aliphatic carbocycles. The molecule has 0 unspecified atom stereocenters. The number of carbonyl (C=O) groups is 1. The summed E-state index contributed by atoms with van der Waals surface area (Å²) >= 11 is 0. The predicted molar refractivity (Wildman–Crippen MR) is 125 cm³/mol. The van der Waals surface area contributed by atoms with E-state index in [2.05, 4.69) is 61.8 Å². The third kappa shape index (κ3) is 3.38. The third-order valence-electron chi connectivity index (χ3n) is 6.31. The number of aryl methyl sites for hydroxylation is 1. The SMILES string of the molecule is C=C(C)COc1ccc(/C=C/[C@]23NC(=O)CN2c2ccc(C)cc2C3(C)C)cc1OC. The lowest BCUT2D eigenvalue weighted by atomic mass is 9.75. The van der Waals surface area contributed by atoms with E-state index >= 15 is 0 Å². The highest BCUT2D eigenvalue weighted by molar-refractivity contribution is 5.91. The van der Waals surface area contributed by atoms with Gasteiger partial charge in [-0.1, -0.05) is 50.3 Å². The van der Waals surface area contributed by atoms with Crippen molar-refractivity contribution in [3.8, 4) is 11.5 Å². The number of fused-ring (bicyclic) bond motifs is 3. The normalized spacial score (nSPS) is 21.1. The monoisotopic (exact) mass is 418 g/mol. The van der Waals surface area contributed by atoms with Crippen molar-refractivity contribution in [2.75, 3.05) is 25.2 Å². The number of benzene rings is 2. The van der Waals surface area contributed by atoms with Gasteiger partial charge in [-0.25, -0.2) is 0 Å². The molecule has 0 saturated carbocycles. The molecule has 0 spiro atoms. The van der Waals surface area contributed by atoms with Gasteiger partial charge in [-0.2, -0.15) is 0 Å². The lowest BCUT2D eigenvalue weighted by molar-refractivity contribution is -0.118. The first-order valence-corrected chi connectivity index (χ1v) is 10.5. The van der Waals surface area contributed by atoms with Crippen LogP contribution in [0, 0.1) is 6.92 Å². The Morgan fingerprint density at radius 1 is 1.23 bits per heavy atom. The molecule has 0 aromatic heterocycles. The number of hydrogen-bond donors (Lipinski definition) is 1. The molecule has 1 N–H and O–H groups in total. The topological polar surface area (TPSA) is 50.8 Å². The second-order valence-electron chi connectivity index (χ2n) is 9.04. The zero-order valence-corrected chi connectivity index (χ0v) is 18.9. The van der Waals surface area contributed by atoms with E-state index in [0.29, 0.717) is 24.7 Å². The quantitative estimate of drug-likeness (QED) is 0.697. The summed E-state index contributed by atoms with van der Waals surface area (Å²) in [6.45, 7) is 13.1. The lowest BCUT2D eigenvalue weighted by Crippen LogP contribution is -2.58. The summed E-state index contributed by atoms with van der Waals surface area (Å²) in [7, 11) is 1.63. The summed E-state index contributed by atoms with van der Waals surface area (Å²) in [4.78, 5) is 14.7. The van der Waals surface area contributed by atoms with Crippen LogP contribution in [0.2, 0.25) is 0 Å². The van der Waals surface area contributed by atoms with Crippen LogP contribution in [0.15, 0.2) is 54.6 Å². The van der Waals surface area contributed by atoms with Crippen molar-refractivity contribution in [2.45, 2.75) is 38.8 Å². The summed E-state index contributed by atoms with van der Waals surface area (Å²) in [6, 6.07) is 12.3. The highest BCUT2D eigenvalue weighted by Gasteiger charge is 2.59. The summed E-state index contributed by atoms with van der Waals surface area (Å²) < 4.78 is 11.3. The summed E-state index contributed by atoms with van der Waals surface area (Å²) in [5.74, 6) is 1.38. The van der Waals surface area contributed by atoms with Crippen LogP contribution in [0.3, 0.4) is 0 Å². The molecule has 5 heteroatoms. The van der Waals surface area contributed by atoms with E-state index in [4.69, 9.17) is 9.47 Å². The van der Waals surface area contributed by atoms with Crippen LogP contribution in [0.5, 0.6) is 11.5 Å². The number of nitrogens with one attached hydrogen (secondary N) is 1. The van der Waals surface area contributed by atoms with E-state index in [1.807, 2.05) is 31.2 Å². The Balaban J connectivity index is 1.71. The van der Waals surface area contributed by atoms with Gasteiger partial charge in [0.25, 0.3) is 0 Å². The highest BCUT2D eigenvalue weighted by atomic mass is 16.5. The molecule has 0 bridgehead atoms. The van der Waals surface area contributed by atoms with E-state index < -0.39 is 5.66 Å². The zero-order valence-electron chi connectivity index (χ0n) is 18.9. The average Bonchev–Trinajstić information content (AvgIpc) is 3.15. The molecule has 2 aliphatic rings. The fourth-order valence-corrected chi connectivity index (χ4v) is 4.61. The number of rotatable bonds is 6. The molecule has 0 radical (unpaired) electrons. The summed E-state index contributed by atoms with van der Waals surface area (Å²) in [6.07, 6.45) is 4.15. The molecular formula is C26H30N2O3. The van der Waals surface area contributed by atoms with Gasteiger partial charge in [0.05, 0.1) is 13.7 Å². The van der Waals surface area contributed by atoms with E-state index in [1.165, 1.54) is 11.1 Å². The standard InChI is InChI=1S/C26H30N2O3/c1-17(2)16-31-22-10-8-19(14-23(22)30-6)11-12-26-25(4,5)20-13-18(3)7-9-21(20)28(26)15-24(29)27-26/h7-14H,1,15-16H2,2-6H3,(H,27,29)/b12-11+/t26-/m0/s1. The number of anilines is 1. The number of ether oxygens (including phenoxy) is 2. The van der Waals surface area contributed by atoms with E-state index in [9.17, 15) is 4.79 Å². The largest absolute Gasteiger partial charge is 0.493 e. The van der Waals surface area contributed by atoms with Crippen molar-refractivity contribution in [1.29, 1.82) is 0 Å².